The minimum Gasteiger partial charge on any atom is -0.384 e. The molecule has 0 amide bonds. The minimum atomic E-state index is -3.54. The molecule has 0 aliphatic heterocycles. The molecule has 140 valence electrons. The zero-order valence-electron chi connectivity index (χ0n) is 14.9. The number of benzene rings is 1. The van der Waals surface area contributed by atoms with Gasteiger partial charge in [0.05, 0.1) is 17.6 Å². The molecule has 0 saturated carbocycles. The number of aromatic nitrogens is 2. The van der Waals surface area contributed by atoms with Gasteiger partial charge in [-0.1, -0.05) is 24.3 Å². The van der Waals surface area contributed by atoms with Crippen LogP contribution in [-0.2, 0) is 16.4 Å². The van der Waals surface area contributed by atoms with Gasteiger partial charge in [0.2, 0.25) is 10.0 Å². The van der Waals surface area contributed by atoms with E-state index in [1.165, 1.54) is 0 Å². The summed E-state index contributed by atoms with van der Waals surface area (Å²) in [5, 5.41) is 8.38. The minimum absolute atomic E-state index is 0.120. The third-order valence-electron chi connectivity index (χ3n) is 4.13. The molecule has 7 nitrogen and oxygen atoms in total. The number of nitrogen functional groups attached to an aromatic ring is 1. The number of primary sulfonamides is 1. The molecule has 0 aliphatic rings. The number of sulfonamides is 1. The molecule has 0 saturated heterocycles. The van der Waals surface area contributed by atoms with Gasteiger partial charge in [-0.2, -0.15) is 0 Å². The standard InChI is InChI=1S/C19H21N5O2S/c1-13-6-8-22-12-17(13)23-19-11-15(10-18(20)24-19)16-5-3-2-4-14(16)7-9-27(21,25)26/h2-6,8,10-12H,7,9H2,1H3,(H3,20,23,24)(H2,21,25,26). The Bertz CT molecular complexity index is 1070. The average Bonchev–Trinajstić information content (AvgIpc) is 2.61. The molecule has 3 rings (SSSR count). The summed E-state index contributed by atoms with van der Waals surface area (Å²) < 4.78 is 22.7. The normalized spacial score (nSPS) is 11.3. The maximum Gasteiger partial charge on any atom is 0.209 e. The molecule has 0 atom stereocenters. The van der Waals surface area contributed by atoms with Crippen molar-refractivity contribution in [3.63, 3.8) is 0 Å². The Balaban J connectivity index is 1.96. The monoisotopic (exact) mass is 383 g/mol. The van der Waals surface area contributed by atoms with Crippen molar-refractivity contribution in [1.29, 1.82) is 0 Å². The predicted octanol–water partition coefficient (Wildman–Crippen LogP) is 2.61. The van der Waals surface area contributed by atoms with Crippen molar-refractivity contribution in [2.75, 3.05) is 16.8 Å². The van der Waals surface area contributed by atoms with Gasteiger partial charge in [-0.15, -0.1) is 0 Å². The van der Waals surface area contributed by atoms with Gasteiger partial charge in [-0.3, -0.25) is 4.98 Å². The van der Waals surface area contributed by atoms with Crippen LogP contribution < -0.4 is 16.2 Å². The first-order chi connectivity index (χ1) is 12.8. The summed E-state index contributed by atoms with van der Waals surface area (Å²) in [7, 11) is -3.54. The average molecular weight is 383 g/mol. The van der Waals surface area contributed by atoms with Crippen molar-refractivity contribution in [2.45, 2.75) is 13.3 Å². The van der Waals surface area contributed by atoms with Crippen molar-refractivity contribution < 1.29 is 8.42 Å². The van der Waals surface area contributed by atoms with Crippen LogP contribution in [0.25, 0.3) is 11.1 Å². The number of nitrogens with zero attached hydrogens (tertiary/aromatic N) is 2. The third kappa shape index (κ3) is 5.02. The molecule has 0 radical (unpaired) electrons. The predicted molar refractivity (Wildman–Crippen MR) is 108 cm³/mol. The van der Waals surface area contributed by atoms with E-state index in [0.29, 0.717) is 18.1 Å². The lowest BCUT2D eigenvalue weighted by molar-refractivity contribution is 0.597. The highest BCUT2D eigenvalue weighted by Crippen LogP contribution is 2.29. The van der Waals surface area contributed by atoms with Gasteiger partial charge in [-0.05, 0) is 53.8 Å². The van der Waals surface area contributed by atoms with Gasteiger partial charge in [0.25, 0.3) is 0 Å². The summed E-state index contributed by atoms with van der Waals surface area (Å²) >= 11 is 0. The Morgan fingerprint density at radius 1 is 1.15 bits per heavy atom. The van der Waals surface area contributed by atoms with E-state index in [0.717, 1.165) is 27.9 Å². The van der Waals surface area contributed by atoms with Crippen molar-refractivity contribution >= 4 is 27.3 Å². The number of nitrogens with one attached hydrogen (secondary N) is 1. The van der Waals surface area contributed by atoms with E-state index < -0.39 is 10.0 Å². The Morgan fingerprint density at radius 3 is 2.67 bits per heavy atom. The molecule has 5 N–H and O–H groups in total. The Kier molecular flexibility index (Phi) is 5.38. The second kappa shape index (κ2) is 7.73. The molecule has 0 bridgehead atoms. The number of nitrogens with two attached hydrogens (primary N) is 2. The fraction of sp³-hybridized carbons (Fsp3) is 0.158. The molecule has 2 aromatic heterocycles. The maximum absolute atomic E-state index is 11.3. The van der Waals surface area contributed by atoms with Crippen molar-refractivity contribution in [2.24, 2.45) is 5.14 Å². The van der Waals surface area contributed by atoms with E-state index in [9.17, 15) is 8.42 Å². The maximum atomic E-state index is 11.3. The molecular formula is C19H21N5O2S. The van der Waals surface area contributed by atoms with Crippen LogP contribution in [0.15, 0.2) is 54.9 Å². The Labute approximate surface area is 158 Å². The summed E-state index contributed by atoms with van der Waals surface area (Å²) in [6.07, 6.45) is 3.77. The molecular weight excluding hydrogens is 362 g/mol. The first-order valence-electron chi connectivity index (χ1n) is 8.36. The van der Waals surface area contributed by atoms with Crippen molar-refractivity contribution in [3.8, 4) is 11.1 Å². The second-order valence-electron chi connectivity index (χ2n) is 6.26. The first kappa shape index (κ1) is 18.8. The molecule has 0 aliphatic carbocycles. The molecule has 2 heterocycles. The van der Waals surface area contributed by atoms with E-state index in [2.05, 4.69) is 15.3 Å². The van der Waals surface area contributed by atoms with Crippen LogP contribution in [0, 0.1) is 6.92 Å². The Hall–Kier alpha value is -2.97. The highest BCUT2D eigenvalue weighted by molar-refractivity contribution is 7.89. The first-order valence-corrected chi connectivity index (χ1v) is 10.1. The summed E-state index contributed by atoms with van der Waals surface area (Å²) in [6.45, 7) is 1.97. The highest BCUT2D eigenvalue weighted by Gasteiger charge is 2.11. The van der Waals surface area contributed by atoms with Gasteiger partial charge < -0.3 is 11.1 Å². The number of pyridine rings is 2. The van der Waals surface area contributed by atoms with Crippen molar-refractivity contribution in [3.05, 3.63) is 66.0 Å². The van der Waals surface area contributed by atoms with Crippen LogP contribution in [0.1, 0.15) is 11.1 Å². The van der Waals surface area contributed by atoms with Gasteiger partial charge in [0.1, 0.15) is 11.6 Å². The fourth-order valence-corrected chi connectivity index (χ4v) is 3.28. The molecule has 1 aromatic carbocycles. The molecule has 0 fully saturated rings. The number of anilines is 3. The zero-order valence-corrected chi connectivity index (χ0v) is 15.7. The lowest BCUT2D eigenvalue weighted by Gasteiger charge is -2.13. The van der Waals surface area contributed by atoms with E-state index in [4.69, 9.17) is 10.9 Å². The Morgan fingerprint density at radius 2 is 1.93 bits per heavy atom. The van der Waals surface area contributed by atoms with Gasteiger partial charge >= 0.3 is 0 Å². The lowest BCUT2D eigenvalue weighted by Crippen LogP contribution is -2.18. The lowest BCUT2D eigenvalue weighted by atomic mass is 9.98. The highest BCUT2D eigenvalue weighted by atomic mass is 32.2. The van der Waals surface area contributed by atoms with E-state index in [1.54, 1.807) is 18.5 Å². The summed E-state index contributed by atoms with van der Waals surface area (Å²) in [6, 6.07) is 13.1. The van der Waals surface area contributed by atoms with E-state index in [1.807, 2.05) is 43.3 Å². The quantitative estimate of drug-likeness (QED) is 0.601. The smallest absolute Gasteiger partial charge is 0.209 e. The van der Waals surface area contributed by atoms with Crippen LogP contribution in [-0.4, -0.2) is 24.1 Å². The SMILES string of the molecule is Cc1ccncc1Nc1cc(-c2ccccc2CCS(N)(=O)=O)cc(N)n1. The van der Waals surface area contributed by atoms with Crippen LogP contribution in [0.3, 0.4) is 0 Å². The van der Waals surface area contributed by atoms with Crippen LogP contribution in [0.2, 0.25) is 0 Å². The van der Waals surface area contributed by atoms with Crippen molar-refractivity contribution in [1.82, 2.24) is 9.97 Å². The topological polar surface area (TPSA) is 124 Å². The zero-order chi connectivity index (χ0) is 19.4. The number of hydrogen-bond acceptors (Lipinski definition) is 6. The van der Waals surface area contributed by atoms with Gasteiger partial charge in [0.15, 0.2) is 0 Å². The van der Waals surface area contributed by atoms with Gasteiger partial charge in [-0.25, -0.2) is 18.5 Å². The number of aryl methyl sites for hydroxylation is 2. The van der Waals surface area contributed by atoms with Crippen LogP contribution in [0.4, 0.5) is 17.3 Å². The number of rotatable bonds is 6. The summed E-state index contributed by atoms with van der Waals surface area (Å²) in [5.41, 5.74) is 10.5. The van der Waals surface area contributed by atoms with Crippen LogP contribution in [0.5, 0.6) is 0 Å². The fourth-order valence-electron chi connectivity index (χ4n) is 2.78. The summed E-state index contributed by atoms with van der Waals surface area (Å²) in [4.78, 5) is 8.45. The molecule has 0 spiro atoms. The summed E-state index contributed by atoms with van der Waals surface area (Å²) in [5.74, 6) is 0.824. The molecule has 27 heavy (non-hydrogen) atoms. The van der Waals surface area contributed by atoms with Gasteiger partial charge in [0, 0.05) is 6.20 Å². The molecule has 8 heteroatoms. The number of hydrogen-bond donors (Lipinski definition) is 3. The second-order valence-corrected chi connectivity index (χ2v) is 7.99. The third-order valence-corrected chi connectivity index (χ3v) is 4.90. The molecule has 3 aromatic rings. The molecule has 0 unspecified atom stereocenters. The van der Waals surface area contributed by atoms with E-state index in [-0.39, 0.29) is 5.75 Å². The van der Waals surface area contributed by atoms with Crippen LogP contribution >= 0.6 is 0 Å². The largest absolute Gasteiger partial charge is 0.384 e. The van der Waals surface area contributed by atoms with E-state index >= 15 is 0 Å².